The zero-order valence-electron chi connectivity index (χ0n) is 21.1. The fraction of sp³-hybridized carbons (Fsp3) is 0.607. The van der Waals surface area contributed by atoms with Crippen molar-refractivity contribution in [2.75, 3.05) is 7.11 Å². The molecule has 2 N–H and O–H groups in total. The Bertz CT molecular complexity index is 1130. The molecule has 3 heterocycles. The number of H-pyrrole nitrogens is 1. The van der Waals surface area contributed by atoms with Gasteiger partial charge in [0.15, 0.2) is 0 Å². The minimum atomic E-state index is -0.768. The van der Waals surface area contributed by atoms with E-state index in [0.29, 0.717) is 24.7 Å². The van der Waals surface area contributed by atoms with Gasteiger partial charge in [0.1, 0.15) is 23.6 Å². The molecule has 3 atom stereocenters. The Balaban J connectivity index is 1.43. The second-order valence-electron chi connectivity index (χ2n) is 11.1. The molecule has 1 aromatic heterocycles. The van der Waals surface area contributed by atoms with E-state index in [4.69, 9.17) is 4.74 Å². The molecule has 1 saturated carbocycles. The van der Waals surface area contributed by atoms with Crippen LogP contribution in [0, 0.1) is 11.8 Å². The number of ether oxygens (including phenoxy) is 1. The molecule has 2 fully saturated rings. The molecule has 188 valence electrons. The highest BCUT2D eigenvalue weighted by molar-refractivity contribution is 6.01. The van der Waals surface area contributed by atoms with Gasteiger partial charge in [0.25, 0.3) is 0 Å². The minimum absolute atomic E-state index is 0.0878. The lowest BCUT2D eigenvalue weighted by molar-refractivity contribution is -0.154. The van der Waals surface area contributed by atoms with Gasteiger partial charge in [-0.1, -0.05) is 46.0 Å². The van der Waals surface area contributed by atoms with Gasteiger partial charge in [0, 0.05) is 41.9 Å². The van der Waals surface area contributed by atoms with Gasteiger partial charge in [0.05, 0.1) is 13.2 Å². The minimum Gasteiger partial charge on any atom is -0.497 e. The average molecular weight is 480 g/mol. The number of benzene rings is 1. The van der Waals surface area contributed by atoms with Crippen molar-refractivity contribution in [1.82, 2.24) is 15.2 Å². The summed E-state index contributed by atoms with van der Waals surface area (Å²) in [6.07, 6.45) is 7.63. The molecule has 0 spiro atoms. The van der Waals surface area contributed by atoms with E-state index < -0.39 is 12.1 Å². The van der Waals surface area contributed by atoms with Gasteiger partial charge in [-0.3, -0.25) is 14.4 Å². The van der Waals surface area contributed by atoms with Crippen LogP contribution < -0.4 is 10.1 Å². The SMILES string of the molecule is COc1ccc2c3c([nH]c2c1)[C@H](CC(C)C)N1C(=O)[C@H](CC(=O)CC2CCCCC2)NC(=O)[C@@H]1C3. The number of carbonyl (C=O) groups is 3. The standard InChI is InChI=1S/C28H37N3O4/c1-16(2)11-24-26-21(20-10-9-19(35-3)14-22(20)29-26)15-25-27(33)30-23(28(34)31(24)25)13-18(32)12-17-7-5-4-6-8-17/h9-10,14,16-17,23-25,29H,4-8,11-13,15H2,1-3H3,(H,30,33)/t23-,24-,25-/m0/s1. The van der Waals surface area contributed by atoms with Gasteiger partial charge in [-0.2, -0.15) is 0 Å². The molecule has 5 rings (SSSR count). The van der Waals surface area contributed by atoms with Crippen LogP contribution in [-0.4, -0.2) is 46.7 Å². The number of Topliss-reactive ketones (excluding diaryl/α,β-unsaturated/α-hetero) is 1. The zero-order chi connectivity index (χ0) is 24.7. The van der Waals surface area contributed by atoms with Crippen molar-refractivity contribution in [2.45, 2.75) is 89.8 Å². The molecule has 2 aromatic rings. The van der Waals surface area contributed by atoms with Crippen molar-refractivity contribution < 1.29 is 19.1 Å². The maximum absolute atomic E-state index is 13.8. The zero-order valence-corrected chi connectivity index (χ0v) is 21.1. The number of hydrogen-bond donors (Lipinski definition) is 2. The number of carbonyl (C=O) groups excluding carboxylic acids is 3. The van der Waals surface area contributed by atoms with Crippen LogP contribution >= 0.6 is 0 Å². The summed E-state index contributed by atoms with van der Waals surface area (Å²) in [5.41, 5.74) is 3.06. The van der Waals surface area contributed by atoms with E-state index in [1.807, 2.05) is 18.2 Å². The fourth-order valence-corrected chi connectivity index (χ4v) is 6.41. The number of nitrogens with zero attached hydrogens (tertiary/aromatic N) is 1. The Kier molecular flexibility index (Phi) is 6.60. The van der Waals surface area contributed by atoms with Crippen molar-refractivity contribution >= 4 is 28.5 Å². The summed E-state index contributed by atoms with van der Waals surface area (Å²) in [6.45, 7) is 4.27. The first-order chi connectivity index (χ1) is 16.9. The molecule has 7 heteroatoms. The van der Waals surface area contributed by atoms with Crippen LogP contribution in [0.2, 0.25) is 0 Å². The Morgan fingerprint density at radius 1 is 1.14 bits per heavy atom. The maximum atomic E-state index is 13.8. The molecule has 0 bridgehead atoms. The van der Waals surface area contributed by atoms with Gasteiger partial charge in [-0.25, -0.2) is 0 Å². The molecular formula is C28H37N3O4. The van der Waals surface area contributed by atoms with Crippen molar-refractivity contribution in [3.63, 3.8) is 0 Å². The predicted octanol–water partition coefficient (Wildman–Crippen LogP) is 4.45. The number of fused-ring (bicyclic) bond motifs is 4. The lowest BCUT2D eigenvalue weighted by Crippen LogP contribution is -2.66. The highest BCUT2D eigenvalue weighted by atomic mass is 16.5. The second kappa shape index (κ2) is 9.67. The van der Waals surface area contributed by atoms with E-state index in [1.165, 1.54) is 19.3 Å². The smallest absolute Gasteiger partial charge is 0.246 e. The van der Waals surface area contributed by atoms with Gasteiger partial charge >= 0.3 is 0 Å². The average Bonchev–Trinajstić information content (AvgIpc) is 3.20. The number of hydrogen-bond acceptors (Lipinski definition) is 4. The van der Waals surface area contributed by atoms with Crippen molar-refractivity contribution in [2.24, 2.45) is 11.8 Å². The molecule has 3 aliphatic rings. The molecule has 0 unspecified atom stereocenters. The second-order valence-corrected chi connectivity index (χ2v) is 11.1. The van der Waals surface area contributed by atoms with Crippen LogP contribution in [0.25, 0.3) is 10.9 Å². The normalized spacial score (nSPS) is 24.9. The van der Waals surface area contributed by atoms with Gasteiger partial charge in [0.2, 0.25) is 11.8 Å². The van der Waals surface area contributed by atoms with E-state index in [-0.39, 0.29) is 30.1 Å². The number of rotatable bonds is 7. The third kappa shape index (κ3) is 4.57. The molecule has 7 nitrogen and oxygen atoms in total. The molecule has 1 aliphatic carbocycles. The first-order valence-corrected chi connectivity index (χ1v) is 13.2. The lowest BCUT2D eigenvalue weighted by atomic mass is 9.83. The van der Waals surface area contributed by atoms with Crippen LogP contribution in [-0.2, 0) is 20.8 Å². The number of aromatic nitrogens is 1. The van der Waals surface area contributed by atoms with Crippen molar-refractivity contribution in [3.8, 4) is 5.75 Å². The van der Waals surface area contributed by atoms with Crippen LogP contribution in [0.15, 0.2) is 18.2 Å². The topological polar surface area (TPSA) is 91.5 Å². The Morgan fingerprint density at radius 3 is 2.63 bits per heavy atom. The number of aromatic amines is 1. The third-order valence-corrected chi connectivity index (χ3v) is 8.09. The van der Waals surface area contributed by atoms with Crippen LogP contribution in [0.5, 0.6) is 5.75 Å². The van der Waals surface area contributed by atoms with Gasteiger partial charge in [-0.15, -0.1) is 0 Å². The molecule has 1 aromatic carbocycles. The molecule has 2 amide bonds. The van der Waals surface area contributed by atoms with Crippen LogP contribution in [0.3, 0.4) is 0 Å². The number of methoxy groups -OCH3 is 1. The Hall–Kier alpha value is -2.83. The predicted molar refractivity (Wildman–Crippen MR) is 134 cm³/mol. The van der Waals surface area contributed by atoms with Gasteiger partial charge in [-0.05, 0) is 36.0 Å². The summed E-state index contributed by atoms with van der Waals surface area (Å²) in [5.74, 6) is 1.33. The van der Waals surface area contributed by atoms with Crippen LogP contribution in [0.4, 0.5) is 0 Å². The summed E-state index contributed by atoms with van der Waals surface area (Å²) >= 11 is 0. The maximum Gasteiger partial charge on any atom is 0.246 e. The van der Waals surface area contributed by atoms with E-state index in [1.54, 1.807) is 12.0 Å². The quantitative estimate of drug-likeness (QED) is 0.614. The fourth-order valence-electron chi connectivity index (χ4n) is 6.41. The monoisotopic (exact) mass is 479 g/mol. The first-order valence-electron chi connectivity index (χ1n) is 13.2. The summed E-state index contributed by atoms with van der Waals surface area (Å²) in [5, 5.41) is 3.98. The first kappa shape index (κ1) is 23.9. The van der Waals surface area contributed by atoms with Crippen LogP contribution in [0.1, 0.15) is 82.5 Å². The third-order valence-electron chi connectivity index (χ3n) is 8.09. The molecule has 1 saturated heterocycles. The number of ketones is 1. The van der Waals surface area contributed by atoms with Gasteiger partial charge < -0.3 is 19.9 Å². The highest BCUT2D eigenvalue weighted by Crippen LogP contribution is 2.42. The van der Waals surface area contributed by atoms with E-state index in [9.17, 15) is 14.4 Å². The Morgan fingerprint density at radius 2 is 1.91 bits per heavy atom. The van der Waals surface area contributed by atoms with E-state index >= 15 is 0 Å². The van der Waals surface area contributed by atoms with Crippen molar-refractivity contribution in [3.05, 3.63) is 29.5 Å². The number of nitrogens with one attached hydrogen (secondary N) is 2. The lowest BCUT2D eigenvalue weighted by Gasteiger charge is -2.46. The number of amides is 2. The van der Waals surface area contributed by atoms with Crippen molar-refractivity contribution in [1.29, 1.82) is 0 Å². The highest BCUT2D eigenvalue weighted by Gasteiger charge is 2.48. The van der Waals surface area contributed by atoms with E-state index in [2.05, 4.69) is 24.1 Å². The molecule has 35 heavy (non-hydrogen) atoms. The Labute approximate surface area is 207 Å². The number of piperazine rings is 1. The molecule has 2 aliphatic heterocycles. The largest absolute Gasteiger partial charge is 0.497 e. The summed E-state index contributed by atoms with van der Waals surface area (Å²) in [4.78, 5) is 45.3. The molecule has 0 radical (unpaired) electrons. The summed E-state index contributed by atoms with van der Waals surface area (Å²) in [7, 11) is 1.64. The summed E-state index contributed by atoms with van der Waals surface area (Å²) < 4.78 is 5.40. The van der Waals surface area contributed by atoms with E-state index in [0.717, 1.165) is 47.2 Å². The summed E-state index contributed by atoms with van der Waals surface area (Å²) in [6, 6.07) is 4.38. The molecular weight excluding hydrogens is 442 g/mol.